The van der Waals surface area contributed by atoms with Crippen LogP contribution in [0.1, 0.15) is 52.9 Å². The lowest BCUT2D eigenvalue weighted by molar-refractivity contribution is -0.120. The van der Waals surface area contributed by atoms with Gasteiger partial charge in [-0.2, -0.15) is 0 Å². The Morgan fingerprint density at radius 1 is 1.24 bits per heavy atom. The molecule has 0 bridgehead atoms. The Morgan fingerprint density at radius 3 is 2.76 bits per heavy atom. The summed E-state index contributed by atoms with van der Waals surface area (Å²) in [6.07, 6.45) is 10.9. The highest BCUT2D eigenvalue weighted by molar-refractivity contribution is 7.17. The molecule has 21 heavy (non-hydrogen) atoms. The van der Waals surface area contributed by atoms with Gasteiger partial charge in [-0.05, 0) is 50.5 Å². The lowest BCUT2D eigenvalue weighted by Gasteiger charge is -2.17. The third-order valence-corrected chi connectivity index (χ3v) is 5.50. The maximum atomic E-state index is 12.4. The van der Waals surface area contributed by atoms with Crippen molar-refractivity contribution in [2.24, 2.45) is 11.7 Å². The maximum Gasteiger partial charge on any atom is 0.251 e. The number of fused-ring (bicyclic) bond motifs is 1. The van der Waals surface area contributed by atoms with E-state index >= 15 is 0 Å². The third-order valence-electron chi connectivity index (χ3n) is 4.29. The van der Waals surface area contributed by atoms with Crippen molar-refractivity contribution in [3.05, 3.63) is 28.2 Å². The van der Waals surface area contributed by atoms with Crippen LogP contribution in [0, 0.1) is 5.92 Å². The first-order chi connectivity index (χ1) is 10.2. The Bertz CT molecular complexity index is 604. The standard InChI is InChI=1S/C16H20N2O2S/c17-14(19)13-11-8-4-5-9-12(11)21-16(13)18-15(20)10-6-2-1-3-7-10/h1-2,10H,3-9H2,(H2,17,19)(H,18,20)/t10-/m0/s1. The van der Waals surface area contributed by atoms with Crippen molar-refractivity contribution in [3.63, 3.8) is 0 Å². The smallest absolute Gasteiger partial charge is 0.251 e. The third kappa shape index (κ3) is 2.88. The number of anilines is 1. The number of rotatable bonds is 3. The van der Waals surface area contributed by atoms with E-state index in [9.17, 15) is 9.59 Å². The summed E-state index contributed by atoms with van der Waals surface area (Å²) in [7, 11) is 0. The molecule has 0 aliphatic heterocycles. The van der Waals surface area contributed by atoms with Crippen LogP contribution in [0.25, 0.3) is 0 Å². The quantitative estimate of drug-likeness (QED) is 0.843. The molecule has 0 unspecified atom stereocenters. The second-order valence-corrected chi connectivity index (χ2v) is 6.86. The lowest BCUT2D eigenvalue weighted by atomic mass is 9.93. The minimum Gasteiger partial charge on any atom is -0.365 e. The average Bonchev–Trinajstić information content (AvgIpc) is 2.86. The number of thiophene rings is 1. The normalized spacial score (nSPS) is 20.9. The van der Waals surface area contributed by atoms with E-state index in [1.54, 1.807) is 0 Å². The number of primary amides is 1. The van der Waals surface area contributed by atoms with Crippen LogP contribution < -0.4 is 11.1 Å². The summed E-state index contributed by atoms with van der Waals surface area (Å²) in [5, 5.41) is 3.62. The molecule has 5 heteroatoms. The Kier molecular flexibility index (Phi) is 4.10. The second kappa shape index (κ2) is 6.02. The number of amides is 2. The molecular weight excluding hydrogens is 284 g/mol. The highest BCUT2D eigenvalue weighted by atomic mass is 32.1. The van der Waals surface area contributed by atoms with E-state index in [1.807, 2.05) is 0 Å². The first kappa shape index (κ1) is 14.3. The summed E-state index contributed by atoms with van der Waals surface area (Å²) in [6, 6.07) is 0. The van der Waals surface area contributed by atoms with E-state index in [1.165, 1.54) is 16.2 Å². The molecule has 2 aliphatic rings. The van der Waals surface area contributed by atoms with Crippen molar-refractivity contribution < 1.29 is 9.59 Å². The van der Waals surface area contributed by atoms with Gasteiger partial charge in [0, 0.05) is 10.8 Å². The van der Waals surface area contributed by atoms with Gasteiger partial charge in [-0.1, -0.05) is 12.2 Å². The van der Waals surface area contributed by atoms with Crippen LogP contribution in [0.3, 0.4) is 0 Å². The number of carbonyl (C=O) groups is 2. The molecule has 1 aromatic rings. The van der Waals surface area contributed by atoms with E-state index in [4.69, 9.17) is 5.73 Å². The molecule has 1 atom stereocenters. The Morgan fingerprint density at radius 2 is 2.05 bits per heavy atom. The van der Waals surface area contributed by atoms with Crippen molar-refractivity contribution in [2.45, 2.75) is 44.9 Å². The van der Waals surface area contributed by atoms with Crippen LogP contribution in [0.5, 0.6) is 0 Å². The van der Waals surface area contributed by atoms with Crippen molar-refractivity contribution >= 4 is 28.2 Å². The molecule has 0 saturated heterocycles. The zero-order valence-corrected chi connectivity index (χ0v) is 12.8. The van der Waals surface area contributed by atoms with Gasteiger partial charge in [0.25, 0.3) is 5.91 Å². The van der Waals surface area contributed by atoms with E-state index < -0.39 is 5.91 Å². The molecule has 0 spiro atoms. The van der Waals surface area contributed by atoms with Crippen LogP contribution in [-0.4, -0.2) is 11.8 Å². The molecule has 3 N–H and O–H groups in total. The number of carbonyl (C=O) groups excluding carboxylic acids is 2. The van der Waals surface area contributed by atoms with Gasteiger partial charge in [0.2, 0.25) is 5.91 Å². The van der Waals surface area contributed by atoms with Gasteiger partial charge in [0.15, 0.2) is 0 Å². The van der Waals surface area contributed by atoms with Gasteiger partial charge in [-0.15, -0.1) is 11.3 Å². The molecule has 2 amide bonds. The topological polar surface area (TPSA) is 72.2 Å². The zero-order valence-electron chi connectivity index (χ0n) is 12.0. The van der Waals surface area contributed by atoms with E-state index in [0.717, 1.165) is 50.5 Å². The molecule has 0 saturated carbocycles. The molecule has 4 nitrogen and oxygen atoms in total. The second-order valence-electron chi connectivity index (χ2n) is 5.75. The number of aryl methyl sites for hydroxylation is 1. The van der Waals surface area contributed by atoms with Crippen LogP contribution in [0.15, 0.2) is 12.2 Å². The predicted octanol–water partition coefficient (Wildman–Crippen LogP) is 3.02. The van der Waals surface area contributed by atoms with Crippen LogP contribution in [0.2, 0.25) is 0 Å². The van der Waals surface area contributed by atoms with E-state index in [2.05, 4.69) is 17.5 Å². The number of nitrogens with two attached hydrogens (primary N) is 1. The maximum absolute atomic E-state index is 12.4. The highest BCUT2D eigenvalue weighted by Gasteiger charge is 2.26. The van der Waals surface area contributed by atoms with E-state index in [-0.39, 0.29) is 11.8 Å². The first-order valence-corrected chi connectivity index (χ1v) is 8.38. The summed E-state index contributed by atoms with van der Waals surface area (Å²) in [5.74, 6) is -0.399. The fraction of sp³-hybridized carbons (Fsp3) is 0.500. The summed E-state index contributed by atoms with van der Waals surface area (Å²) in [4.78, 5) is 25.4. The van der Waals surface area contributed by atoms with Crippen molar-refractivity contribution in [1.29, 1.82) is 0 Å². The number of hydrogen-bond acceptors (Lipinski definition) is 3. The molecule has 0 aromatic carbocycles. The van der Waals surface area contributed by atoms with Gasteiger partial charge in [-0.3, -0.25) is 9.59 Å². The van der Waals surface area contributed by atoms with Gasteiger partial charge >= 0.3 is 0 Å². The molecular formula is C16H20N2O2S. The predicted molar refractivity (Wildman–Crippen MR) is 84.6 cm³/mol. The fourth-order valence-corrected chi connectivity index (χ4v) is 4.46. The fourth-order valence-electron chi connectivity index (χ4n) is 3.16. The largest absolute Gasteiger partial charge is 0.365 e. The lowest BCUT2D eigenvalue weighted by Crippen LogP contribution is -2.25. The van der Waals surface area contributed by atoms with E-state index in [0.29, 0.717) is 10.6 Å². The molecule has 112 valence electrons. The van der Waals surface area contributed by atoms with Gasteiger partial charge in [-0.25, -0.2) is 0 Å². The SMILES string of the molecule is NC(=O)c1c(NC(=O)[C@H]2CC=CCC2)sc2c1CCCC2. The zero-order chi connectivity index (χ0) is 14.8. The van der Waals surface area contributed by atoms with Crippen LogP contribution >= 0.6 is 11.3 Å². The summed E-state index contributed by atoms with van der Waals surface area (Å²) < 4.78 is 0. The van der Waals surface area contributed by atoms with Crippen molar-refractivity contribution in [2.75, 3.05) is 5.32 Å². The Labute approximate surface area is 128 Å². The molecule has 0 fully saturated rings. The highest BCUT2D eigenvalue weighted by Crippen LogP contribution is 2.38. The number of nitrogens with one attached hydrogen (secondary N) is 1. The minimum absolute atomic E-state index is 0.00912. The summed E-state index contributed by atoms with van der Waals surface area (Å²) in [6.45, 7) is 0. The van der Waals surface area contributed by atoms with Gasteiger partial charge < -0.3 is 11.1 Å². The molecule has 1 aromatic heterocycles. The van der Waals surface area contributed by atoms with Crippen LogP contribution in [-0.2, 0) is 17.6 Å². The summed E-state index contributed by atoms with van der Waals surface area (Å²) >= 11 is 1.53. The summed E-state index contributed by atoms with van der Waals surface area (Å²) in [5.41, 5.74) is 7.16. The van der Waals surface area contributed by atoms with Gasteiger partial charge in [0.05, 0.1) is 5.56 Å². The first-order valence-electron chi connectivity index (χ1n) is 7.57. The Balaban J connectivity index is 1.84. The van der Waals surface area contributed by atoms with Gasteiger partial charge in [0.1, 0.15) is 5.00 Å². The van der Waals surface area contributed by atoms with Crippen molar-refractivity contribution in [1.82, 2.24) is 0 Å². The number of allylic oxidation sites excluding steroid dienone is 2. The average molecular weight is 304 g/mol. The monoisotopic (exact) mass is 304 g/mol. The molecule has 1 heterocycles. The van der Waals surface area contributed by atoms with Crippen molar-refractivity contribution in [3.8, 4) is 0 Å². The number of hydrogen-bond donors (Lipinski definition) is 2. The molecule has 0 radical (unpaired) electrons. The Hall–Kier alpha value is -1.62. The molecule has 2 aliphatic carbocycles. The minimum atomic E-state index is -0.423. The van der Waals surface area contributed by atoms with Crippen LogP contribution in [0.4, 0.5) is 5.00 Å². The molecule has 3 rings (SSSR count).